The van der Waals surface area contributed by atoms with Crippen LogP contribution in [0.25, 0.3) is 11.0 Å². The van der Waals surface area contributed by atoms with Crippen LogP contribution in [0.1, 0.15) is 12.0 Å². The van der Waals surface area contributed by atoms with Crippen LogP contribution in [0, 0.1) is 0 Å². The molecular weight excluding hydrogens is 342 g/mol. The zero-order chi connectivity index (χ0) is 18.5. The van der Waals surface area contributed by atoms with Crippen molar-refractivity contribution in [2.45, 2.75) is 25.6 Å². The van der Waals surface area contributed by atoms with E-state index in [-0.39, 0.29) is 12.1 Å². The van der Waals surface area contributed by atoms with Crippen molar-refractivity contribution < 1.29 is 9.53 Å². The summed E-state index contributed by atoms with van der Waals surface area (Å²) in [5.74, 6) is 0. The minimum absolute atomic E-state index is 0.214. The lowest BCUT2D eigenvalue weighted by Gasteiger charge is -2.33. The molecule has 0 radical (unpaired) electrons. The van der Waals surface area contributed by atoms with Crippen molar-refractivity contribution in [3.8, 4) is 0 Å². The molecule has 1 aliphatic heterocycles. The lowest BCUT2D eigenvalue weighted by molar-refractivity contribution is 0.0838. The molecule has 1 saturated heterocycles. The number of aromatic nitrogens is 3. The third-order valence-corrected chi connectivity index (χ3v) is 4.83. The molecule has 0 bridgehead atoms. The molecule has 0 aliphatic carbocycles. The lowest BCUT2D eigenvalue weighted by atomic mass is 10.1. The molecule has 0 saturated carbocycles. The first kappa shape index (κ1) is 17.5. The van der Waals surface area contributed by atoms with Crippen LogP contribution in [0.4, 0.5) is 4.79 Å². The highest BCUT2D eigenvalue weighted by molar-refractivity contribution is 5.73. The summed E-state index contributed by atoms with van der Waals surface area (Å²) in [5.41, 5.74) is 2.93. The van der Waals surface area contributed by atoms with Gasteiger partial charge in [-0.15, -0.1) is 5.10 Å². The number of amides is 1. The Morgan fingerprint density at radius 3 is 2.85 bits per heavy atom. The number of hydrogen-bond acceptors (Lipinski definition) is 5. The topological polar surface area (TPSA) is 72.3 Å². The molecule has 7 heteroatoms. The number of fused-ring (bicyclic) bond motifs is 1. The molecule has 1 atom stereocenters. The van der Waals surface area contributed by atoms with Gasteiger partial charge in [0.25, 0.3) is 0 Å². The van der Waals surface area contributed by atoms with Gasteiger partial charge in [-0.2, -0.15) is 0 Å². The van der Waals surface area contributed by atoms with Crippen molar-refractivity contribution >= 4 is 17.1 Å². The van der Waals surface area contributed by atoms with E-state index < -0.39 is 0 Å². The van der Waals surface area contributed by atoms with Gasteiger partial charge < -0.3 is 15.0 Å². The Hall–Kier alpha value is -2.93. The zero-order valence-electron chi connectivity index (χ0n) is 15.1. The van der Waals surface area contributed by atoms with Crippen LogP contribution < -0.4 is 5.32 Å². The molecule has 7 nitrogen and oxygen atoms in total. The number of ether oxygens (including phenoxy) is 1. The van der Waals surface area contributed by atoms with Gasteiger partial charge in [0.2, 0.25) is 0 Å². The molecule has 140 valence electrons. The Kier molecular flexibility index (Phi) is 5.29. The van der Waals surface area contributed by atoms with Gasteiger partial charge in [-0.3, -0.25) is 0 Å². The van der Waals surface area contributed by atoms with Gasteiger partial charge in [-0.25, -0.2) is 9.48 Å². The number of aryl methyl sites for hydroxylation is 1. The second-order valence-corrected chi connectivity index (χ2v) is 6.73. The molecule has 27 heavy (non-hydrogen) atoms. The second kappa shape index (κ2) is 8.18. The number of benzene rings is 2. The van der Waals surface area contributed by atoms with Gasteiger partial charge in [0, 0.05) is 32.2 Å². The van der Waals surface area contributed by atoms with Gasteiger partial charge in [0.15, 0.2) is 0 Å². The summed E-state index contributed by atoms with van der Waals surface area (Å²) < 4.78 is 7.38. The van der Waals surface area contributed by atoms with Gasteiger partial charge in [0.05, 0.1) is 5.52 Å². The molecule has 1 N–H and O–H groups in total. The maximum absolute atomic E-state index is 12.4. The molecule has 4 rings (SSSR count). The number of nitrogens with zero attached hydrogens (tertiary/aromatic N) is 4. The highest BCUT2D eigenvalue weighted by atomic mass is 16.6. The minimum atomic E-state index is -0.253. The summed E-state index contributed by atoms with van der Waals surface area (Å²) in [6.07, 6.45) is 0.618. The highest BCUT2D eigenvalue weighted by Crippen LogP contribution is 2.12. The molecule has 1 aromatic heterocycles. The Morgan fingerprint density at radius 1 is 1.15 bits per heavy atom. The Labute approximate surface area is 157 Å². The maximum atomic E-state index is 12.4. The lowest BCUT2D eigenvalue weighted by Crippen LogP contribution is -2.53. The molecular formula is C20H23N5O2. The predicted molar refractivity (Wildman–Crippen MR) is 102 cm³/mol. The number of hydrogen-bond donors (Lipinski definition) is 1. The van der Waals surface area contributed by atoms with Crippen molar-refractivity contribution in [3.05, 3.63) is 60.2 Å². The Bertz CT molecular complexity index is 896. The van der Waals surface area contributed by atoms with Crippen LogP contribution in [-0.2, 0) is 17.9 Å². The number of piperazine rings is 1. The monoisotopic (exact) mass is 365 g/mol. The third kappa shape index (κ3) is 4.25. The molecule has 3 aromatic rings. The number of carbonyl (C=O) groups is 1. The van der Waals surface area contributed by atoms with Crippen LogP contribution in [-0.4, -0.2) is 51.7 Å². The summed E-state index contributed by atoms with van der Waals surface area (Å²) in [4.78, 5) is 14.2. The fourth-order valence-electron chi connectivity index (χ4n) is 3.36. The summed E-state index contributed by atoms with van der Waals surface area (Å²) in [7, 11) is 0. The number of rotatable bonds is 5. The molecule has 1 amide bonds. The maximum Gasteiger partial charge on any atom is 0.410 e. The number of nitrogens with one attached hydrogen (secondary N) is 1. The van der Waals surface area contributed by atoms with Crippen LogP contribution in [0.2, 0.25) is 0 Å². The van der Waals surface area contributed by atoms with Crippen LogP contribution in [0.15, 0.2) is 54.6 Å². The van der Waals surface area contributed by atoms with Crippen molar-refractivity contribution in [2.75, 3.05) is 19.6 Å². The Morgan fingerprint density at radius 2 is 1.96 bits per heavy atom. The molecule has 2 heterocycles. The van der Waals surface area contributed by atoms with Gasteiger partial charge in [-0.05, 0) is 24.1 Å². The van der Waals surface area contributed by atoms with E-state index in [1.807, 2.05) is 59.3 Å². The van der Waals surface area contributed by atoms with Crippen molar-refractivity contribution in [3.63, 3.8) is 0 Å². The Balaban J connectivity index is 1.29. The fourth-order valence-corrected chi connectivity index (χ4v) is 3.36. The fraction of sp³-hybridized carbons (Fsp3) is 0.350. The summed E-state index contributed by atoms with van der Waals surface area (Å²) in [6, 6.07) is 17.9. The van der Waals surface area contributed by atoms with E-state index in [1.54, 1.807) is 4.90 Å². The third-order valence-electron chi connectivity index (χ3n) is 4.83. The average Bonchev–Trinajstić information content (AvgIpc) is 3.15. The van der Waals surface area contributed by atoms with E-state index in [0.717, 1.165) is 36.1 Å². The van der Waals surface area contributed by atoms with Crippen LogP contribution in [0.3, 0.4) is 0 Å². The summed E-state index contributed by atoms with van der Waals surface area (Å²) in [5, 5.41) is 11.9. The standard InChI is InChI=1S/C20H23N5O2/c26-20(27-15-16-6-2-1-3-7-16)24-13-11-21-17(14-24)10-12-25-19-9-5-4-8-18(19)22-23-25/h1-9,17,21H,10-15H2/t17-/m1/s1. The van der Waals surface area contributed by atoms with E-state index >= 15 is 0 Å². The first-order valence-electron chi connectivity index (χ1n) is 9.27. The van der Waals surface area contributed by atoms with Crippen molar-refractivity contribution in [1.29, 1.82) is 0 Å². The molecule has 1 fully saturated rings. The number of para-hydroxylation sites is 1. The van der Waals surface area contributed by atoms with Crippen LogP contribution in [0.5, 0.6) is 0 Å². The van der Waals surface area contributed by atoms with Crippen molar-refractivity contribution in [1.82, 2.24) is 25.2 Å². The second-order valence-electron chi connectivity index (χ2n) is 6.73. The normalized spacial score (nSPS) is 17.2. The summed E-state index contributed by atoms with van der Waals surface area (Å²) >= 11 is 0. The molecule has 0 unspecified atom stereocenters. The SMILES string of the molecule is O=C(OCc1ccccc1)N1CCN[C@H](CCn2nnc3ccccc32)C1. The molecule has 0 spiro atoms. The first-order chi connectivity index (χ1) is 13.3. The largest absolute Gasteiger partial charge is 0.445 e. The van der Waals surface area contributed by atoms with E-state index in [4.69, 9.17) is 4.74 Å². The van der Waals surface area contributed by atoms with Crippen molar-refractivity contribution in [2.24, 2.45) is 0 Å². The molecule has 1 aliphatic rings. The van der Waals surface area contributed by atoms with Crippen LogP contribution >= 0.6 is 0 Å². The van der Waals surface area contributed by atoms with E-state index in [1.165, 1.54) is 0 Å². The zero-order valence-corrected chi connectivity index (χ0v) is 15.1. The quantitative estimate of drug-likeness (QED) is 0.752. The van der Waals surface area contributed by atoms with Gasteiger partial charge in [-0.1, -0.05) is 47.7 Å². The smallest absolute Gasteiger partial charge is 0.410 e. The first-order valence-corrected chi connectivity index (χ1v) is 9.27. The summed E-state index contributed by atoms with van der Waals surface area (Å²) in [6.45, 7) is 3.13. The predicted octanol–water partition coefficient (Wildman–Crippen LogP) is 2.43. The minimum Gasteiger partial charge on any atom is -0.445 e. The van der Waals surface area contributed by atoms with Gasteiger partial charge in [0.1, 0.15) is 12.1 Å². The van der Waals surface area contributed by atoms with E-state index in [9.17, 15) is 4.79 Å². The van der Waals surface area contributed by atoms with E-state index in [2.05, 4.69) is 15.6 Å². The van der Waals surface area contributed by atoms with Gasteiger partial charge >= 0.3 is 6.09 Å². The number of carbonyl (C=O) groups excluding carboxylic acids is 1. The average molecular weight is 365 g/mol. The van der Waals surface area contributed by atoms with E-state index in [0.29, 0.717) is 19.7 Å². The molecule has 2 aromatic carbocycles. The highest BCUT2D eigenvalue weighted by Gasteiger charge is 2.24.